The number of aliphatic carboxylic acids is 1. The molecule has 0 fully saturated rings. The number of benzene rings is 3. The van der Waals surface area contributed by atoms with Crippen molar-refractivity contribution < 1.29 is 27.9 Å². The van der Waals surface area contributed by atoms with Crippen LogP contribution in [0.25, 0.3) is 10.8 Å². The maximum absolute atomic E-state index is 13.5. The number of sulfone groups is 1. The molecule has 3 N–H and O–H groups in total. The van der Waals surface area contributed by atoms with Gasteiger partial charge in [0.25, 0.3) is 0 Å². The lowest BCUT2D eigenvalue weighted by atomic mass is 9.97. The number of amides is 2. The van der Waals surface area contributed by atoms with Gasteiger partial charge in [0.05, 0.1) is 36.7 Å². The molecule has 50 heavy (non-hydrogen) atoms. The summed E-state index contributed by atoms with van der Waals surface area (Å²) >= 11 is 0. The number of carboxylic acid groups (broad SMARTS) is 1. The molecule has 4 aromatic rings. The first-order chi connectivity index (χ1) is 23.8. The molecule has 3 atom stereocenters. The van der Waals surface area contributed by atoms with Crippen LogP contribution in [0.4, 0.5) is 0 Å². The Morgan fingerprint density at radius 1 is 1.02 bits per heavy atom. The van der Waals surface area contributed by atoms with Gasteiger partial charge in [-0.1, -0.05) is 74.9 Å². The zero-order valence-corrected chi connectivity index (χ0v) is 29.4. The standard InChI is InChI=1S/C37H44N6O6S/c1-4-26(2)34(41-35(44)18-31-20-39-25-43(31)21-28-14-12-27(19-38)13-15-28)23-42(22-30-10-7-9-29-8-5-6-11-32(29)30)24-36(45)40-33(37(46)47)16-17-50(3,48)49/h5-15,20,25-26,33-34H,4,16-18,21-24H2,1-3H3,(H,40,45)(H,41,44)(H,46,47)/t26?,33-,34+/m0/s1. The number of nitrogens with zero attached hydrogens (tertiary/aromatic N) is 4. The maximum Gasteiger partial charge on any atom is 0.326 e. The van der Waals surface area contributed by atoms with Crippen LogP contribution in [-0.2, 0) is 43.7 Å². The SMILES string of the molecule is CCC(C)[C@@H](CN(CC(=O)N[C@@H](CCS(C)(=O)=O)C(=O)O)Cc1cccc2ccccc12)NC(=O)Cc1cncn1Cc1ccc(C#N)cc1. The van der Waals surface area contributed by atoms with E-state index in [-0.39, 0.29) is 43.0 Å². The van der Waals surface area contributed by atoms with Gasteiger partial charge in [0.1, 0.15) is 15.9 Å². The fourth-order valence-electron chi connectivity index (χ4n) is 5.76. The summed E-state index contributed by atoms with van der Waals surface area (Å²) in [4.78, 5) is 44.9. The summed E-state index contributed by atoms with van der Waals surface area (Å²) < 4.78 is 25.3. The molecule has 0 saturated carbocycles. The van der Waals surface area contributed by atoms with Crippen molar-refractivity contribution in [3.05, 3.63) is 102 Å². The van der Waals surface area contributed by atoms with E-state index < -0.39 is 27.8 Å². The smallest absolute Gasteiger partial charge is 0.326 e. The van der Waals surface area contributed by atoms with E-state index >= 15 is 0 Å². The van der Waals surface area contributed by atoms with E-state index in [1.54, 1.807) is 24.7 Å². The Hall–Kier alpha value is -5.06. The Labute approximate surface area is 293 Å². The average Bonchev–Trinajstić information content (AvgIpc) is 3.51. The molecule has 1 heterocycles. The summed E-state index contributed by atoms with van der Waals surface area (Å²) in [5.41, 5.74) is 3.21. The topological polar surface area (TPSA) is 174 Å². The lowest BCUT2D eigenvalue weighted by molar-refractivity contribution is -0.142. The molecule has 264 valence electrons. The van der Waals surface area contributed by atoms with Gasteiger partial charge in [-0.15, -0.1) is 0 Å². The number of hydrogen-bond acceptors (Lipinski definition) is 8. The first-order valence-corrected chi connectivity index (χ1v) is 18.6. The molecule has 0 aliphatic heterocycles. The molecule has 0 saturated heterocycles. The molecule has 1 unspecified atom stereocenters. The van der Waals surface area contributed by atoms with Gasteiger partial charge in [-0.25, -0.2) is 18.2 Å². The van der Waals surface area contributed by atoms with Crippen molar-refractivity contribution in [2.75, 3.05) is 25.1 Å². The number of nitriles is 1. The number of carbonyl (C=O) groups is 3. The molecule has 13 heteroatoms. The number of imidazole rings is 1. The van der Waals surface area contributed by atoms with Gasteiger partial charge in [-0.2, -0.15) is 5.26 Å². The van der Waals surface area contributed by atoms with Crippen molar-refractivity contribution in [3.8, 4) is 6.07 Å². The highest BCUT2D eigenvalue weighted by molar-refractivity contribution is 7.90. The fraction of sp³-hybridized carbons (Fsp3) is 0.378. The molecule has 3 aromatic carbocycles. The third kappa shape index (κ3) is 11.2. The summed E-state index contributed by atoms with van der Waals surface area (Å²) in [6.07, 6.45) is 4.91. The normalized spacial score (nSPS) is 13.3. The van der Waals surface area contributed by atoms with Crippen LogP contribution in [0, 0.1) is 17.2 Å². The third-order valence-corrected chi connectivity index (χ3v) is 9.74. The highest BCUT2D eigenvalue weighted by Crippen LogP contribution is 2.21. The number of hydrogen-bond donors (Lipinski definition) is 3. The number of aromatic nitrogens is 2. The number of rotatable bonds is 18. The summed E-state index contributed by atoms with van der Waals surface area (Å²) in [6, 6.07) is 21.4. The van der Waals surface area contributed by atoms with Crippen LogP contribution in [0.1, 0.15) is 49.1 Å². The van der Waals surface area contributed by atoms with Crippen LogP contribution in [0.3, 0.4) is 0 Å². The van der Waals surface area contributed by atoms with E-state index in [0.717, 1.165) is 40.3 Å². The molecule has 12 nitrogen and oxygen atoms in total. The molecule has 0 radical (unpaired) electrons. The first kappa shape index (κ1) is 37.8. The van der Waals surface area contributed by atoms with Gasteiger partial charge in [0.15, 0.2) is 0 Å². The second-order valence-electron chi connectivity index (χ2n) is 12.7. The van der Waals surface area contributed by atoms with E-state index in [1.165, 1.54) is 0 Å². The minimum absolute atomic E-state index is 0.0297. The molecule has 0 bridgehead atoms. The minimum atomic E-state index is -3.43. The maximum atomic E-state index is 13.5. The van der Waals surface area contributed by atoms with Gasteiger partial charge in [-0.05, 0) is 46.4 Å². The Morgan fingerprint density at radius 3 is 2.42 bits per heavy atom. The van der Waals surface area contributed by atoms with Crippen molar-refractivity contribution in [1.29, 1.82) is 5.26 Å². The van der Waals surface area contributed by atoms with Crippen molar-refractivity contribution in [2.45, 2.75) is 58.3 Å². The molecule has 0 spiro atoms. The van der Waals surface area contributed by atoms with Gasteiger partial charge < -0.3 is 20.3 Å². The Bertz CT molecular complexity index is 1930. The quantitative estimate of drug-likeness (QED) is 0.140. The van der Waals surface area contributed by atoms with Crippen molar-refractivity contribution in [1.82, 2.24) is 25.1 Å². The minimum Gasteiger partial charge on any atom is -0.480 e. The zero-order valence-electron chi connectivity index (χ0n) is 28.6. The third-order valence-electron chi connectivity index (χ3n) is 8.76. The number of nitrogens with one attached hydrogen (secondary N) is 2. The first-order valence-electron chi connectivity index (χ1n) is 16.5. The highest BCUT2D eigenvalue weighted by Gasteiger charge is 2.27. The molecular weight excluding hydrogens is 657 g/mol. The van der Waals surface area contributed by atoms with Crippen LogP contribution in [-0.4, -0.2) is 82.9 Å². The summed E-state index contributed by atoms with van der Waals surface area (Å²) in [7, 11) is -3.43. The second kappa shape index (κ2) is 17.6. The largest absolute Gasteiger partial charge is 0.480 e. The highest BCUT2D eigenvalue weighted by atomic mass is 32.2. The lowest BCUT2D eigenvalue weighted by Crippen LogP contribution is -2.51. The molecule has 1 aromatic heterocycles. The van der Waals surface area contributed by atoms with Crippen LogP contribution in [0.2, 0.25) is 0 Å². The van der Waals surface area contributed by atoms with Gasteiger partial charge in [-0.3, -0.25) is 14.5 Å². The molecule has 4 rings (SSSR count). The number of carbonyl (C=O) groups excluding carboxylic acids is 2. The lowest BCUT2D eigenvalue weighted by Gasteiger charge is -2.31. The predicted octanol–water partition coefficient (Wildman–Crippen LogP) is 3.54. The molecule has 2 amide bonds. The number of carboxylic acids is 1. The van der Waals surface area contributed by atoms with Crippen molar-refractivity contribution in [3.63, 3.8) is 0 Å². The van der Waals surface area contributed by atoms with Crippen LogP contribution < -0.4 is 10.6 Å². The Balaban J connectivity index is 1.52. The van der Waals surface area contributed by atoms with Gasteiger partial charge in [0.2, 0.25) is 11.8 Å². The molecule has 0 aliphatic carbocycles. The van der Waals surface area contributed by atoms with E-state index in [1.807, 2.05) is 77.9 Å². The predicted molar refractivity (Wildman–Crippen MR) is 191 cm³/mol. The van der Waals surface area contributed by atoms with Crippen LogP contribution in [0.5, 0.6) is 0 Å². The van der Waals surface area contributed by atoms with Crippen molar-refractivity contribution >= 4 is 38.4 Å². The fourth-order valence-corrected chi connectivity index (χ4v) is 6.42. The van der Waals surface area contributed by atoms with E-state index in [2.05, 4.69) is 21.7 Å². The summed E-state index contributed by atoms with van der Waals surface area (Å²) in [5.74, 6) is -2.43. The van der Waals surface area contributed by atoms with E-state index in [0.29, 0.717) is 25.2 Å². The second-order valence-corrected chi connectivity index (χ2v) is 15.0. The number of fused-ring (bicyclic) bond motifs is 1. The Morgan fingerprint density at radius 2 is 1.74 bits per heavy atom. The van der Waals surface area contributed by atoms with Gasteiger partial charge >= 0.3 is 5.97 Å². The van der Waals surface area contributed by atoms with Crippen LogP contribution in [0.15, 0.2) is 79.3 Å². The monoisotopic (exact) mass is 700 g/mol. The zero-order chi connectivity index (χ0) is 36.3. The summed E-state index contributed by atoms with van der Waals surface area (Å²) in [5, 5.41) is 26.5. The Kier molecular flexibility index (Phi) is 13.3. The van der Waals surface area contributed by atoms with Gasteiger partial charge in [0, 0.05) is 43.8 Å². The molecule has 0 aliphatic rings. The van der Waals surface area contributed by atoms with E-state index in [4.69, 9.17) is 5.26 Å². The van der Waals surface area contributed by atoms with Crippen LogP contribution >= 0.6 is 0 Å². The molecular formula is C37H44N6O6S. The average molecular weight is 701 g/mol. The summed E-state index contributed by atoms with van der Waals surface area (Å²) in [6.45, 7) is 5.00. The van der Waals surface area contributed by atoms with Crippen molar-refractivity contribution in [2.24, 2.45) is 5.92 Å². The van der Waals surface area contributed by atoms with E-state index in [9.17, 15) is 27.9 Å².